The van der Waals surface area contributed by atoms with Crippen LogP contribution >= 0.6 is 27.7 Å². The van der Waals surface area contributed by atoms with Gasteiger partial charge in [0.2, 0.25) is 5.91 Å². The van der Waals surface area contributed by atoms with Gasteiger partial charge in [0, 0.05) is 46.9 Å². The number of H-pyrrole nitrogens is 1. The van der Waals surface area contributed by atoms with Crippen LogP contribution in [0.25, 0.3) is 10.9 Å². The molecular formula is C23H21BrN2O5S. The van der Waals surface area contributed by atoms with Crippen molar-refractivity contribution in [1.29, 1.82) is 0 Å². The Morgan fingerprint density at radius 1 is 1.09 bits per heavy atom. The molecule has 2 atom stereocenters. The summed E-state index contributed by atoms with van der Waals surface area (Å²) < 4.78 is 0.796. The molecule has 166 valence electrons. The van der Waals surface area contributed by atoms with Gasteiger partial charge in [-0.2, -0.15) is 0 Å². The third-order valence-electron chi connectivity index (χ3n) is 4.83. The van der Waals surface area contributed by atoms with Crippen molar-refractivity contribution in [1.82, 2.24) is 10.3 Å². The lowest BCUT2D eigenvalue weighted by Crippen LogP contribution is -2.43. The Bertz CT molecular complexity index is 1160. The first kappa shape index (κ1) is 23.7. The average Bonchev–Trinajstić information content (AvgIpc) is 3.15. The van der Waals surface area contributed by atoms with Crippen molar-refractivity contribution in [3.63, 3.8) is 0 Å². The summed E-state index contributed by atoms with van der Waals surface area (Å²) in [5.41, 5.74) is 2.00. The van der Waals surface area contributed by atoms with Gasteiger partial charge in [-0.05, 0) is 23.8 Å². The second-order valence-electron chi connectivity index (χ2n) is 7.20. The van der Waals surface area contributed by atoms with Gasteiger partial charge < -0.3 is 15.4 Å². The number of carbonyl (C=O) groups excluding carboxylic acids is 3. The van der Waals surface area contributed by atoms with Gasteiger partial charge in [-0.1, -0.05) is 58.0 Å². The van der Waals surface area contributed by atoms with Crippen LogP contribution in [0, 0.1) is 0 Å². The number of aromatic nitrogens is 1. The van der Waals surface area contributed by atoms with Gasteiger partial charge in [-0.3, -0.25) is 14.4 Å². The number of ketones is 1. The highest BCUT2D eigenvalue weighted by molar-refractivity contribution is 9.10. The first-order chi connectivity index (χ1) is 15.2. The normalized spacial score (nSPS) is 12.8. The summed E-state index contributed by atoms with van der Waals surface area (Å²) in [5, 5.41) is 11.8. The maximum Gasteiger partial charge on any atom is 0.326 e. The second-order valence-corrected chi connectivity index (χ2v) is 9.49. The summed E-state index contributed by atoms with van der Waals surface area (Å²) >= 11 is 4.06. The number of hydrogen-bond donors (Lipinski definition) is 3. The van der Waals surface area contributed by atoms with Crippen molar-refractivity contribution in [2.24, 2.45) is 0 Å². The molecule has 3 rings (SSSR count). The van der Waals surface area contributed by atoms with Gasteiger partial charge in [0.15, 0.2) is 10.9 Å². The number of aliphatic carboxylic acids is 1. The minimum absolute atomic E-state index is 0.0796. The Labute approximate surface area is 197 Å². The number of thioether (sulfide) groups is 1. The van der Waals surface area contributed by atoms with Crippen molar-refractivity contribution in [2.45, 2.75) is 31.1 Å². The third kappa shape index (κ3) is 6.08. The molecule has 1 heterocycles. The van der Waals surface area contributed by atoms with Crippen LogP contribution in [0.1, 0.15) is 29.3 Å². The number of aromatic amines is 1. The zero-order valence-corrected chi connectivity index (χ0v) is 19.5. The van der Waals surface area contributed by atoms with E-state index in [4.69, 9.17) is 0 Å². The molecule has 0 fully saturated rings. The molecule has 0 saturated heterocycles. The smallest absolute Gasteiger partial charge is 0.326 e. The van der Waals surface area contributed by atoms with E-state index in [1.807, 2.05) is 24.3 Å². The molecule has 0 aliphatic heterocycles. The summed E-state index contributed by atoms with van der Waals surface area (Å²) in [6, 6.07) is 12.9. The summed E-state index contributed by atoms with van der Waals surface area (Å²) in [6.45, 7) is 1.32. The number of Topliss-reactive ketones (excluding diaryl/α,β-unsaturated/α-hetero) is 1. The summed E-state index contributed by atoms with van der Waals surface area (Å²) in [5.74, 6) is -2.16. The molecule has 0 spiro atoms. The molecule has 2 aromatic carbocycles. The molecule has 0 bridgehead atoms. The van der Waals surface area contributed by atoms with Crippen molar-refractivity contribution in [3.8, 4) is 0 Å². The maximum absolute atomic E-state index is 12.9. The van der Waals surface area contributed by atoms with E-state index < -0.39 is 23.2 Å². The molecule has 1 unspecified atom stereocenters. The van der Waals surface area contributed by atoms with E-state index in [9.17, 15) is 24.3 Å². The largest absolute Gasteiger partial charge is 0.480 e. The van der Waals surface area contributed by atoms with Gasteiger partial charge >= 0.3 is 5.97 Å². The molecule has 0 aliphatic rings. The van der Waals surface area contributed by atoms with E-state index in [2.05, 4.69) is 26.2 Å². The predicted octanol–water partition coefficient (Wildman–Crippen LogP) is 3.96. The summed E-state index contributed by atoms with van der Waals surface area (Å²) in [7, 11) is 0. The zero-order chi connectivity index (χ0) is 23.3. The fraction of sp³-hybridized carbons (Fsp3) is 0.217. The number of carboxylic acid groups (broad SMARTS) is 1. The minimum Gasteiger partial charge on any atom is -0.480 e. The van der Waals surface area contributed by atoms with Crippen molar-refractivity contribution >= 4 is 61.4 Å². The lowest BCUT2D eigenvalue weighted by Gasteiger charge is -2.17. The van der Waals surface area contributed by atoms with Crippen LogP contribution < -0.4 is 5.32 Å². The van der Waals surface area contributed by atoms with Gasteiger partial charge in [0.05, 0.1) is 5.25 Å². The SMILES string of the molecule is CC(=O)SC(CC(=O)N[C@@H](Cc1c[nH]c2ccccc12)C(=O)O)C(=O)c1ccc(Br)cc1. The molecule has 32 heavy (non-hydrogen) atoms. The lowest BCUT2D eigenvalue weighted by molar-refractivity contribution is -0.141. The third-order valence-corrected chi connectivity index (χ3v) is 6.36. The van der Waals surface area contributed by atoms with Gasteiger partial charge in [-0.25, -0.2) is 4.79 Å². The second kappa shape index (κ2) is 10.6. The number of para-hydroxylation sites is 1. The van der Waals surface area contributed by atoms with Crippen LogP contribution in [0.15, 0.2) is 59.2 Å². The molecule has 0 saturated carbocycles. The number of benzene rings is 2. The lowest BCUT2D eigenvalue weighted by atomic mass is 10.0. The van der Waals surface area contributed by atoms with E-state index in [-0.39, 0.29) is 23.7 Å². The monoisotopic (exact) mass is 516 g/mol. The van der Waals surface area contributed by atoms with Crippen LogP contribution in [0.4, 0.5) is 0 Å². The quantitative estimate of drug-likeness (QED) is 0.370. The number of nitrogens with one attached hydrogen (secondary N) is 2. The average molecular weight is 517 g/mol. The highest BCUT2D eigenvalue weighted by atomic mass is 79.9. The molecule has 1 aromatic heterocycles. The van der Waals surface area contributed by atoms with Crippen LogP contribution in [-0.2, 0) is 20.8 Å². The van der Waals surface area contributed by atoms with Crippen LogP contribution in [-0.4, -0.2) is 44.2 Å². The molecule has 0 radical (unpaired) electrons. The van der Waals surface area contributed by atoms with Crippen LogP contribution in [0.3, 0.4) is 0 Å². The molecule has 3 aromatic rings. The molecule has 0 aliphatic carbocycles. The molecule has 3 N–H and O–H groups in total. The first-order valence-corrected chi connectivity index (χ1v) is 11.5. The predicted molar refractivity (Wildman–Crippen MR) is 127 cm³/mol. The standard InChI is InChI=1S/C23H21BrN2O5S/c1-13(27)32-20(22(29)14-6-8-16(24)9-7-14)11-21(28)26-19(23(30)31)10-15-12-25-18-5-3-2-4-17(15)18/h2-9,12,19-20,25H,10-11H2,1H3,(H,26,28)(H,30,31)/t19-,20?/m0/s1. The number of halogens is 1. The number of hydrogen-bond acceptors (Lipinski definition) is 5. The van der Waals surface area contributed by atoms with Crippen molar-refractivity contribution in [3.05, 3.63) is 70.3 Å². The summed E-state index contributed by atoms with van der Waals surface area (Å²) in [6.07, 6.45) is 1.49. The number of fused-ring (bicyclic) bond motifs is 1. The van der Waals surface area contributed by atoms with Gasteiger partial charge in [-0.15, -0.1) is 0 Å². The van der Waals surface area contributed by atoms with Crippen LogP contribution in [0.5, 0.6) is 0 Å². The van der Waals surface area contributed by atoms with Gasteiger partial charge in [0.1, 0.15) is 6.04 Å². The van der Waals surface area contributed by atoms with E-state index in [1.165, 1.54) is 6.92 Å². The highest BCUT2D eigenvalue weighted by Gasteiger charge is 2.28. The molecule has 7 nitrogen and oxygen atoms in total. The molecule has 9 heteroatoms. The van der Waals surface area contributed by atoms with E-state index >= 15 is 0 Å². The number of amides is 1. The number of rotatable bonds is 9. The fourth-order valence-electron chi connectivity index (χ4n) is 3.33. The number of carboxylic acids is 1. The minimum atomic E-state index is -1.18. The molecule has 1 amide bonds. The fourth-order valence-corrected chi connectivity index (χ4v) is 4.47. The van der Waals surface area contributed by atoms with Crippen molar-refractivity contribution < 1.29 is 24.3 Å². The molecular weight excluding hydrogens is 496 g/mol. The van der Waals surface area contributed by atoms with E-state index in [0.717, 1.165) is 32.7 Å². The zero-order valence-electron chi connectivity index (χ0n) is 17.1. The van der Waals surface area contributed by atoms with Crippen molar-refractivity contribution in [2.75, 3.05) is 0 Å². The summed E-state index contributed by atoms with van der Waals surface area (Å²) in [4.78, 5) is 52.1. The Balaban J connectivity index is 1.72. The Hall–Kier alpha value is -2.91. The first-order valence-electron chi connectivity index (χ1n) is 9.78. The highest BCUT2D eigenvalue weighted by Crippen LogP contribution is 2.23. The van der Waals surface area contributed by atoms with Crippen LogP contribution in [0.2, 0.25) is 0 Å². The Morgan fingerprint density at radius 3 is 2.44 bits per heavy atom. The topological polar surface area (TPSA) is 116 Å². The number of carbonyl (C=O) groups is 4. The van der Waals surface area contributed by atoms with Gasteiger partial charge in [0.25, 0.3) is 0 Å². The van der Waals surface area contributed by atoms with E-state index in [0.29, 0.717) is 5.56 Å². The van der Waals surface area contributed by atoms with E-state index in [1.54, 1.807) is 30.5 Å². The Kier molecular flexibility index (Phi) is 7.87. The maximum atomic E-state index is 12.9. The Morgan fingerprint density at radius 2 is 1.78 bits per heavy atom.